The Labute approximate surface area is 137 Å². The summed E-state index contributed by atoms with van der Waals surface area (Å²) in [4.78, 5) is 8.85. The molecule has 1 heterocycles. The molecule has 23 heavy (non-hydrogen) atoms. The molecular formula is C18H24FN3O. The molecule has 1 rings (SSSR count). The lowest BCUT2D eigenvalue weighted by molar-refractivity contribution is 0.108. The number of halogens is 1. The van der Waals surface area contributed by atoms with Crippen molar-refractivity contribution in [2.45, 2.75) is 26.9 Å². The van der Waals surface area contributed by atoms with Gasteiger partial charge in [-0.05, 0) is 57.5 Å². The van der Waals surface area contributed by atoms with Crippen LogP contribution in [0.1, 0.15) is 26.5 Å². The molecule has 1 unspecified atom stereocenters. The molecule has 0 amide bonds. The summed E-state index contributed by atoms with van der Waals surface area (Å²) < 4.78 is 18.9. The summed E-state index contributed by atoms with van der Waals surface area (Å²) in [7, 11) is 2.05. The predicted octanol–water partition coefficient (Wildman–Crippen LogP) is 3.29. The number of likely N-dealkylation sites (N-methyl/N-ethyl adjacent to an activating group) is 1. The van der Waals surface area contributed by atoms with E-state index in [-0.39, 0.29) is 6.10 Å². The number of allylic oxidation sites excluding steroid dienone is 2. The molecule has 0 fully saturated rings. The topological polar surface area (TPSA) is 41.1 Å². The Morgan fingerprint density at radius 2 is 2.30 bits per heavy atom. The fraction of sp³-hybridized carbons (Fsp3) is 0.389. The van der Waals surface area contributed by atoms with Crippen molar-refractivity contribution in [3.8, 4) is 11.8 Å². The lowest BCUT2D eigenvalue weighted by atomic mass is 10.3. The van der Waals surface area contributed by atoms with Crippen molar-refractivity contribution in [2.24, 2.45) is 0 Å². The number of nitrogens with one attached hydrogen (secondary N) is 1. The largest absolute Gasteiger partial charge is 0.482 e. The van der Waals surface area contributed by atoms with Crippen molar-refractivity contribution >= 4 is 0 Å². The Balaban J connectivity index is 2.83. The van der Waals surface area contributed by atoms with E-state index in [1.54, 1.807) is 12.1 Å². The number of rotatable bonds is 5. The monoisotopic (exact) mass is 317 g/mol. The lowest BCUT2D eigenvalue weighted by Crippen LogP contribution is -2.28. The lowest BCUT2D eigenvalue weighted by Gasteiger charge is -2.20. The van der Waals surface area contributed by atoms with E-state index in [1.807, 2.05) is 27.0 Å². The SMILES string of the molecule is C/C=C(/C#Cc1cccc(F)cnc[nH]1)OC(C)CN(C)CC. The minimum absolute atomic E-state index is 0.0441. The smallest absolute Gasteiger partial charge is 0.166 e. The van der Waals surface area contributed by atoms with Crippen molar-refractivity contribution in [3.05, 3.63) is 54.1 Å². The van der Waals surface area contributed by atoms with Gasteiger partial charge in [-0.15, -0.1) is 0 Å². The number of aromatic nitrogens is 2. The fourth-order valence-corrected chi connectivity index (χ4v) is 1.74. The molecule has 124 valence electrons. The van der Waals surface area contributed by atoms with Crippen molar-refractivity contribution < 1.29 is 9.13 Å². The van der Waals surface area contributed by atoms with Gasteiger partial charge in [0.15, 0.2) is 5.76 Å². The molecule has 1 aromatic heterocycles. The molecule has 0 aliphatic carbocycles. The van der Waals surface area contributed by atoms with Gasteiger partial charge in [0.1, 0.15) is 11.9 Å². The zero-order valence-corrected chi connectivity index (χ0v) is 14.1. The van der Waals surface area contributed by atoms with Crippen LogP contribution >= 0.6 is 0 Å². The van der Waals surface area contributed by atoms with Gasteiger partial charge in [-0.25, -0.2) is 9.37 Å². The molecule has 1 aromatic rings. The first-order valence-corrected chi connectivity index (χ1v) is 7.60. The normalized spacial score (nSPS) is 12.2. The van der Waals surface area contributed by atoms with E-state index in [1.165, 1.54) is 12.4 Å². The van der Waals surface area contributed by atoms with Crippen molar-refractivity contribution in [1.29, 1.82) is 0 Å². The van der Waals surface area contributed by atoms with E-state index in [4.69, 9.17) is 4.74 Å². The number of hydrogen-bond donors (Lipinski definition) is 1. The van der Waals surface area contributed by atoms with Gasteiger partial charge < -0.3 is 14.6 Å². The van der Waals surface area contributed by atoms with Crippen LogP contribution < -0.4 is 0 Å². The molecule has 0 radical (unpaired) electrons. The Hall–Kier alpha value is -2.32. The summed E-state index contributed by atoms with van der Waals surface area (Å²) in [5, 5.41) is 0. The van der Waals surface area contributed by atoms with E-state index < -0.39 is 5.82 Å². The number of H-pyrrole nitrogens is 1. The third kappa shape index (κ3) is 8.03. The van der Waals surface area contributed by atoms with E-state index in [0.717, 1.165) is 19.3 Å². The minimum atomic E-state index is -0.417. The predicted molar refractivity (Wildman–Crippen MR) is 90.5 cm³/mol. The molecule has 1 N–H and O–H groups in total. The van der Waals surface area contributed by atoms with Crippen LogP contribution in [0, 0.1) is 17.7 Å². The summed E-state index contributed by atoms with van der Waals surface area (Å²) in [6.45, 7) is 7.80. The fourth-order valence-electron chi connectivity index (χ4n) is 1.74. The summed E-state index contributed by atoms with van der Waals surface area (Å²) >= 11 is 0. The average molecular weight is 317 g/mol. The van der Waals surface area contributed by atoms with E-state index in [2.05, 4.69) is 33.6 Å². The zero-order chi connectivity index (χ0) is 17.1. The highest BCUT2D eigenvalue weighted by Crippen LogP contribution is 2.03. The van der Waals surface area contributed by atoms with Crippen LogP contribution in [0.5, 0.6) is 0 Å². The van der Waals surface area contributed by atoms with Crippen LogP contribution in [0.25, 0.3) is 0 Å². The molecule has 5 heteroatoms. The quantitative estimate of drug-likeness (QED) is 0.669. The minimum Gasteiger partial charge on any atom is -0.482 e. The number of nitrogens with zero attached hydrogens (tertiary/aromatic N) is 2. The second-order valence-electron chi connectivity index (χ2n) is 5.06. The first kappa shape index (κ1) is 18.7. The van der Waals surface area contributed by atoms with Gasteiger partial charge in [-0.1, -0.05) is 13.0 Å². The van der Waals surface area contributed by atoms with E-state index in [9.17, 15) is 4.39 Å². The Morgan fingerprint density at radius 3 is 3.00 bits per heavy atom. The van der Waals surface area contributed by atoms with Crippen molar-refractivity contribution in [1.82, 2.24) is 14.9 Å². The second-order valence-corrected chi connectivity index (χ2v) is 5.06. The van der Waals surface area contributed by atoms with Crippen molar-refractivity contribution in [3.63, 3.8) is 0 Å². The molecular weight excluding hydrogens is 293 g/mol. The first-order valence-electron chi connectivity index (χ1n) is 7.60. The molecule has 0 aliphatic heterocycles. The highest BCUT2D eigenvalue weighted by Gasteiger charge is 2.06. The van der Waals surface area contributed by atoms with Gasteiger partial charge in [0.2, 0.25) is 0 Å². The molecule has 0 saturated carbocycles. The Morgan fingerprint density at radius 1 is 1.52 bits per heavy atom. The molecule has 0 saturated heterocycles. The number of hydrogen-bond acceptors (Lipinski definition) is 3. The molecule has 0 aromatic carbocycles. The Kier molecular flexibility index (Phi) is 8.48. The van der Waals surface area contributed by atoms with Crippen LogP contribution in [-0.4, -0.2) is 41.1 Å². The van der Waals surface area contributed by atoms with Crippen LogP contribution in [-0.2, 0) is 4.74 Å². The number of ether oxygens (including phenoxy) is 1. The average Bonchev–Trinajstić information content (AvgIpc) is 2.63. The highest BCUT2D eigenvalue weighted by atomic mass is 19.1. The highest BCUT2D eigenvalue weighted by molar-refractivity contribution is 5.33. The van der Waals surface area contributed by atoms with Crippen molar-refractivity contribution in [2.75, 3.05) is 20.1 Å². The summed E-state index contributed by atoms with van der Waals surface area (Å²) in [6, 6.07) is 4.58. The molecule has 0 bridgehead atoms. The first-order chi connectivity index (χ1) is 11.0. The maximum atomic E-state index is 13.1. The maximum absolute atomic E-state index is 13.1. The van der Waals surface area contributed by atoms with Gasteiger partial charge >= 0.3 is 0 Å². The van der Waals surface area contributed by atoms with Gasteiger partial charge in [-0.2, -0.15) is 0 Å². The number of aromatic amines is 1. The van der Waals surface area contributed by atoms with Crippen LogP contribution in [0.2, 0.25) is 0 Å². The Bertz CT molecular complexity index is 627. The summed E-state index contributed by atoms with van der Waals surface area (Å²) in [6.07, 6.45) is 4.39. The standard InChI is InChI=1S/C18H24FN3O/c1-5-18(23-15(3)13-22(4)6-2)11-10-17-9-7-8-16(19)12-20-14-21-17/h5,7-9,12,14-15H,6,13H2,1-4H3,(H,20,21)/b8-7?,16-12?,17-9?,18-5-. The molecule has 1 atom stereocenters. The molecule has 0 aliphatic rings. The summed E-state index contributed by atoms with van der Waals surface area (Å²) in [5.41, 5.74) is 0.606. The third-order valence-electron chi connectivity index (χ3n) is 3.03. The van der Waals surface area contributed by atoms with Gasteiger partial charge in [0.05, 0.1) is 18.2 Å². The molecule has 0 spiro atoms. The van der Waals surface area contributed by atoms with Gasteiger partial charge in [0.25, 0.3) is 0 Å². The van der Waals surface area contributed by atoms with Crippen LogP contribution in [0.4, 0.5) is 4.39 Å². The second kappa shape index (κ2) is 10.4. The van der Waals surface area contributed by atoms with Gasteiger partial charge in [-0.3, -0.25) is 0 Å². The zero-order valence-electron chi connectivity index (χ0n) is 14.1. The summed E-state index contributed by atoms with van der Waals surface area (Å²) in [5.74, 6) is 6.12. The molecule has 4 nitrogen and oxygen atoms in total. The maximum Gasteiger partial charge on any atom is 0.166 e. The van der Waals surface area contributed by atoms with Crippen LogP contribution in [0.15, 0.2) is 42.6 Å². The van der Waals surface area contributed by atoms with E-state index in [0.29, 0.717) is 11.5 Å². The van der Waals surface area contributed by atoms with Gasteiger partial charge in [0, 0.05) is 6.54 Å². The van der Waals surface area contributed by atoms with E-state index >= 15 is 0 Å². The third-order valence-corrected chi connectivity index (χ3v) is 3.03. The van der Waals surface area contributed by atoms with Crippen LogP contribution in [0.3, 0.4) is 0 Å².